The number of ether oxygens (including phenoxy) is 2. The molecule has 0 heterocycles. The van der Waals surface area contributed by atoms with Crippen LogP contribution in [0.1, 0.15) is 6.92 Å². The molecule has 0 saturated carbocycles. The number of amides is 1. The van der Waals surface area contributed by atoms with E-state index in [1.165, 1.54) is 6.07 Å². The first-order valence-corrected chi connectivity index (χ1v) is 7.84. The Kier molecular flexibility index (Phi) is 6.46. The molecule has 0 saturated heterocycles. The average molecular weight is 368 g/mol. The monoisotopic (exact) mass is 367 g/mol. The van der Waals surface area contributed by atoms with E-state index in [0.29, 0.717) is 21.5 Å². The number of rotatable bonds is 6. The minimum absolute atomic E-state index is 0.294. The van der Waals surface area contributed by atoms with E-state index in [1.54, 1.807) is 43.3 Å². The van der Waals surface area contributed by atoms with E-state index < -0.39 is 24.6 Å². The molecule has 5 nitrogen and oxygen atoms in total. The van der Waals surface area contributed by atoms with Crippen molar-refractivity contribution in [3.05, 3.63) is 58.6 Å². The van der Waals surface area contributed by atoms with Gasteiger partial charge in [-0.2, -0.15) is 0 Å². The van der Waals surface area contributed by atoms with Gasteiger partial charge in [0, 0.05) is 5.02 Å². The number of anilines is 1. The third-order valence-electron chi connectivity index (χ3n) is 2.94. The van der Waals surface area contributed by atoms with Gasteiger partial charge in [-0.1, -0.05) is 41.4 Å². The van der Waals surface area contributed by atoms with Crippen molar-refractivity contribution in [3.63, 3.8) is 0 Å². The van der Waals surface area contributed by atoms with Gasteiger partial charge in [0.25, 0.3) is 5.91 Å². The first-order valence-electron chi connectivity index (χ1n) is 7.09. The van der Waals surface area contributed by atoms with Crippen LogP contribution >= 0.6 is 23.2 Å². The fourth-order valence-corrected chi connectivity index (χ4v) is 2.24. The largest absolute Gasteiger partial charge is 0.479 e. The van der Waals surface area contributed by atoms with Crippen LogP contribution in [0.4, 0.5) is 5.69 Å². The van der Waals surface area contributed by atoms with Crippen LogP contribution in [0, 0.1) is 0 Å². The summed E-state index contributed by atoms with van der Waals surface area (Å²) in [5.74, 6) is -0.616. The van der Waals surface area contributed by atoms with Gasteiger partial charge >= 0.3 is 5.97 Å². The maximum absolute atomic E-state index is 11.8. The first kappa shape index (κ1) is 18.1. The van der Waals surface area contributed by atoms with Crippen molar-refractivity contribution in [2.45, 2.75) is 13.0 Å². The molecule has 0 aromatic heterocycles. The molecule has 1 atom stereocenters. The Morgan fingerprint density at radius 2 is 1.83 bits per heavy atom. The zero-order valence-corrected chi connectivity index (χ0v) is 14.3. The molecule has 24 heavy (non-hydrogen) atoms. The quantitative estimate of drug-likeness (QED) is 0.785. The van der Waals surface area contributed by atoms with E-state index in [4.69, 9.17) is 32.7 Å². The third kappa shape index (κ3) is 5.44. The number of hydrogen-bond donors (Lipinski definition) is 1. The molecule has 0 aliphatic heterocycles. The SMILES string of the molecule is C[C@@H](Oc1ccccc1)C(=O)OCC(=O)Nc1ccc(Cl)cc1Cl. The highest BCUT2D eigenvalue weighted by Gasteiger charge is 2.18. The number of benzene rings is 2. The van der Waals surface area contributed by atoms with Crippen LogP contribution < -0.4 is 10.1 Å². The summed E-state index contributed by atoms with van der Waals surface area (Å²) in [6, 6.07) is 13.5. The molecular formula is C17H15Cl2NO4. The fourth-order valence-electron chi connectivity index (χ4n) is 1.78. The summed E-state index contributed by atoms with van der Waals surface area (Å²) >= 11 is 11.7. The smallest absolute Gasteiger partial charge is 0.347 e. The third-order valence-corrected chi connectivity index (χ3v) is 3.49. The average Bonchev–Trinajstić information content (AvgIpc) is 2.56. The summed E-state index contributed by atoms with van der Waals surface area (Å²) in [6.07, 6.45) is -0.834. The van der Waals surface area contributed by atoms with E-state index in [9.17, 15) is 9.59 Å². The lowest BCUT2D eigenvalue weighted by Gasteiger charge is -2.14. The van der Waals surface area contributed by atoms with Crippen molar-refractivity contribution in [2.24, 2.45) is 0 Å². The molecule has 2 aromatic rings. The van der Waals surface area contributed by atoms with Gasteiger partial charge in [-0.05, 0) is 37.3 Å². The maximum Gasteiger partial charge on any atom is 0.347 e. The van der Waals surface area contributed by atoms with Gasteiger partial charge in [-0.3, -0.25) is 4.79 Å². The molecule has 7 heteroatoms. The highest BCUT2D eigenvalue weighted by atomic mass is 35.5. The Labute approximate surface area is 149 Å². The molecule has 0 aliphatic rings. The summed E-state index contributed by atoms with van der Waals surface area (Å²) in [4.78, 5) is 23.7. The number of halogens is 2. The highest BCUT2D eigenvalue weighted by Crippen LogP contribution is 2.25. The Balaban J connectivity index is 1.81. The molecule has 2 rings (SSSR count). The lowest BCUT2D eigenvalue weighted by Crippen LogP contribution is -2.29. The standard InChI is InChI=1S/C17H15Cl2NO4/c1-11(24-13-5-3-2-4-6-13)17(22)23-10-16(21)20-15-8-7-12(18)9-14(15)19/h2-9,11H,10H2,1H3,(H,20,21)/t11-/m1/s1. The van der Waals surface area contributed by atoms with Gasteiger partial charge in [0.1, 0.15) is 5.75 Å². The van der Waals surface area contributed by atoms with E-state index in [2.05, 4.69) is 5.32 Å². The summed E-state index contributed by atoms with van der Waals surface area (Å²) in [7, 11) is 0. The van der Waals surface area contributed by atoms with Crippen molar-refractivity contribution in [1.82, 2.24) is 0 Å². The second-order valence-corrected chi connectivity index (χ2v) is 5.70. The Hall–Kier alpha value is -2.24. The summed E-state index contributed by atoms with van der Waals surface area (Å²) in [6.45, 7) is 1.10. The number of carbonyl (C=O) groups is 2. The predicted molar refractivity (Wildman–Crippen MR) is 92.6 cm³/mol. The molecule has 1 N–H and O–H groups in total. The number of para-hydroxylation sites is 1. The number of esters is 1. The minimum Gasteiger partial charge on any atom is -0.479 e. The van der Waals surface area contributed by atoms with Crippen molar-refractivity contribution < 1.29 is 19.1 Å². The van der Waals surface area contributed by atoms with Crippen LogP contribution in [-0.2, 0) is 14.3 Å². The van der Waals surface area contributed by atoms with E-state index >= 15 is 0 Å². The van der Waals surface area contributed by atoms with Gasteiger partial charge in [-0.15, -0.1) is 0 Å². The molecule has 0 radical (unpaired) electrons. The van der Waals surface area contributed by atoms with E-state index in [0.717, 1.165) is 0 Å². The predicted octanol–water partition coefficient (Wildman–Crippen LogP) is 3.94. The number of hydrogen-bond acceptors (Lipinski definition) is 4. The molecule has 126 valence electrons. The van der Waals surface area contributed by atoms with E-state index in [1.807, 2.05) is 6.07 Å². The van der Waals surface area contributed by atoms with E-state index in [-0.39, 0.29) is 0 Å². The molecule has 1 amide bonds. The Morgan fingerprint density at radius 3 is 2.50 bits per heavy atom. The zero-order valence-electron chi connectivity index (χ0n) is 12.8. The normalized spacial score (nSPS) is 11.5. The summed E-state index contributed by atoms with van der Waals surface area (Å²) in [5.41, 5.74) is 0.385. The lowest BCUT2D eigenvalue weighted by molar-refractivity contribution is -0.153. The van der Waals surface area contributed by atoms with Crippen LogP contribution in [0.5, 0.6) is 5.75 Å². The van der Waals surface area contributed by atoms with Crippen LogP contribution in [0.2, 0.25) is 10.0 Å². The van der Waals surface area contributed by atoms with Crippen LogP contribution in [0.25, 0.3) is 0 Å². The van der Waals surface area contributed by atoms with Crippen LogP contribution in [0.3, 0.4) is 0 Å². The maximum atomic E-state index is 11.8. The van der Waals surface area contributed by atoms with Crippen LogP contribution in [-0.4, -0.2) is 24.6 Å². The van der Waals surface area contributed by atoms with Crippen molar-refractivity contribution in [2.75, 3.05) is 11.9 Å². The fraction of sp³-hybridized carbons (Fsp3) is 0.176. The number of carbonyl (C=O) groups excluding carboxylic acids is 2. The second-order valence-electron chi connectivity index (χ2n) is 4.85. The Morgan fingerprint density at radius 1 is 1.12 bits per heavy atom. The highest BCUT2D eigenvalue weighted by molar-refractivity contribution is 6.36. The first-order chi connectivity index (χ1) is 11.5. The van der Waals surface area contributed by atoms with Crippen LogP contribution in [0.15, 0.2) is 48.5 Å². The topological polar surface area (TPSA) is 64.6 Å². The van der Waals surface area contributed by atoms with Crippen molar-refractivity contribution in [1.29, 1.82) is 0 Å². The molecule has 0 aliphatic carbocycles. The molecule has 0 spiro atoms. The minimum atomic E-state index is -0.834. The zero-order chi connectivity index (χ0) is 17.5. The van der Waals surface area contributed by atoms with Gasteiger partial charge < -0.3 is 14.8 Å². The summed E-state index contributed by atoms with van der Waals surface area (Å²) < 4.78 is 10.3. The number of nitrogens with one attached hydrogen (secondary N) is 1. The molecule has 0 bridgehead atoms. The van der Waals surface area contributed by atoms with Crippen molar-refractivity contribution >= 4 is 40.8 Å². The van der Waals surface area contributed by atoms with Gasteiger partial charge in [0.2, 0.25) is 0 Å². The summed E-state index contributed by atoms with van der Waals surface area (Å²) in [5, 5.41) is 3.28. The molecule has 2 aromatic carbocycles. The lowest BCUT2D eigenvalue weighted by atomic mass is 10.3. The van der Waals surface area contributed by atoms with Crippen molar-refractivity contribution in [3.8, 4) is 5.75 Å². The second kappa shape index (κ2) is 8.57. The molecule has 0 unspecified atom stereocenters. The Bertz CT molecular complexity index is 722. The molecule has 0 fully saturated rings. The van der Waals surface area contributed by atoms with Gasteiger partial charge in [0.15, 0.2) is 12.7 Å². The molecular weight excluding hydrogens is 353 g/mol. The van der Waals surface area contributed by atoms with Gasteiger partial charge in [-0.25, -0.2) is 4.79 Å². The van der Waals surface area contributed by atoms with Gasteiger partial charge in [0.05, 0.1) is 10.7 Å².